The van der Waals surface area contributed by atoms with Crippen LogP contribution < -0.4 is 15.5 Å². The van der Waals surface area contributed by atoms with Gasteiger partial charge in [0.25, 0.3) is 0 Å². The predicted octanol–water partition coefficient (Wildman–Crippen LogP) is 3.28. The molecule has 1 aromatic rings. The van der Waals surface area contributed by atoms with E-state index in [1.807, 2.05) is 45.0 Å². The quantitative estimate of drug-likeness (QED) is 0.889. The van der Waals surface area contributed by atoms with Crippen LogP contribution in [0.1, 0.15) is 40.5 Å². The Morgan fingerprint density at radius 3 is 2.42 bits per heavy atom. The third-order valence-electron chi connectivity index (χ3n) is 4.68. The first-order valence-corrected chi connectivity index (χ1v) is 8.78. The molecule has 2 N–H and O–H groups in total. The first kappa shape index (κ1) is 18.6. The van der Waals surface area contributed by atoms with E-state index in [1.54, 1.807) is 0 Å². The second-order valence-corrected chi connectivity index (χ2v) is 7.87. The molecule has 133 valence electrons. The van der Waals surface area contributed by atoms with Gasteiger partial charge in [-0.3, -0.25) is 0 Å². The minimum absolute atomic E-state index is 0.204. The summed E-state index contributed by atoms with van der Waals surface area (Å²) >= 11 is 0. The van der Waals surface area contributed by atoms with Gasteiger partial charge in [0.1, 0.15) is 0 Å². The highest BCUT2D eigenvalue weighted by molar-refractivity contribution is 5.79. The van der Waals surface area contributed by atoms with Crippen LogP contribution in [0.2, 0.25) is 0 Å². The van der Waals surface area contributed by atoms with Crippen molar-refractivity contribution in [3.8, 4) is 0 Å². The Bertz CT molecular complexity index is 529. The van der Waals surface area contributed by atoms with Crippen LogP contribution in [0.3, 0.4) is 0 Å². The number of nitrogens with one attached hydrogen (secondary N) is 1. The summed E-state index contributed by atoms with van der Waals surface area (Å²) < 4.78 is 0. The molecule has 1 fully saturated rings. The molecule has 1 atom stereocenters. The summed E-state index contributed by atoms with van der Waals surface area (Å²) in [5, 5.41) is 16.6. The Labute approximate surface area is 145 Å². The molecule has 2 amide bonds. The van der Waals surface area contributed by atoms with Gasteiger partial charge < -0.3 is 15.3 Å². The van der Waals surface area contributed by atoms with Gasteiger partial charge in [-0.25, -0.2) is 4.79 Å². The average Bonchev–Trinajstić information content (AvgIpc) is 2.53. The lowest BCUT2D eigenvalue weighted by Crippen LogP contribution is -2.40. The van der Waals surface area contributed by atoms with Gasteiger partial charge in [-0.1, -0.05) is 27.7 Å². The molecule has 1 saturated heterocycles. The molecular formula is C19H30N3O2. The number of anilines is 1. The molecule has 1 aromatic carbocycles. The zero-order chi connectivity index (χ0) is 17.7. The summed E-state index contributed by atoms with van der Waals surface area (Å²) in [6.07, 6.45) is 1.86. The summed E-state index contributed by atoms with van der Waals surface area (Å²) in [5.41, 5.74) is 1.55. The Morgan fingerprint density at radius 1 is 1.29 bits per heavy atom. The molecule has 0 aliphatic carbocycles. The molecule has 5 nitrogen and oxygen atoms in total. The van der Waals surface area contributed by atoms with Crippen LogP contribution in [0.25, 0.3) is 0 Å². The van der Waals surface area contributed by atoms with Crippen molar-refractivity contribution in [3.05, 3.63) is 24.3 Å². The minimum atomic E-state index is -0.597. The maximum atomic E-state index is 11.9. The largest absolute Gasteiger partial charge is 0.391 e. The van der Waals surface area contributed by atoms with E-state index in [0.717, 1.165) is 19.0 Å². The first-order chi connectivity index (χ1) is 11.3. The van der Waals surface area contributed by atoms with Crippen LogP contribution in [0.15, 0.2) is 24.3 Å². The van der Waals surface area contributed by atoms with Gasteiger partial charge >= 0.3 is 6.03 Å². The molecule has 1 radical (unpaired) electrons. The van der Waals surface area contributed by atoms with Crippen molar-refractivity contribution in [2.45, 2.75) is 46.6 Å². The molecule has 0 bridgehead atoms. The molecule has 0 aromatic heterocycles. The van der Waals surface area contributed by atoms with Crippen LogP contribution in [0, 0.1) is 11.3 Å². The average molecular weight is 332 g/mol. The van der Waals surface area contributed by atoms with Crippen molar-refractivity contribution in [2.75, 3.05) is 24.5 Å². The number of piperidine rings is 1. The van der Waals surface area contributed by atoms with Crippen molar-refractivity contribution in [1.82, 2.24) is 10.6 Å². The topological polar surface area (TPSA) is 66.7 Å². The molecule has 1 aliphatic rings. The van der Waals surface area contributed by atoms with Crippen LogP contribution in [0.4, 0.5) is 16.2 Å². The number of carbonyl (C=O) groups excluding carboxylic acids is 1. The summed E-state index contributed by atoms with van der Waals surface area (Å²) in [6.45, 7) is 10.5. The zero-order valence-electron chi connectivity index (χ0n) is 15.2. The zero-order valence-corrected chi connectivity index (χ0v) is 15.2. The van der Waals surface area contributed by atoms with Crippen molar-refractivity contribution in [3.63, 3.8) is 0 Å². The summed E-state index contributed by atoms with van der Waals surface area (Å²) in [7, 11) is 0. The second-order valence-electron chi connectivity index (χ2n) is 7.87. The van der Waals surface area contributed by atoms with Gasteiger partial charge in [0, 0.05) is 25.3 Å². The lowest BCUT2D eigenvalue weighted by Gasteiger charge is -2.32. The Hall–Kier alpha value is -1.75. The summed E-state index contributed by atoms with van der Waals surface area (Å²) in [5.74, 6) is 0.808. The highest BCUT2D eigenvalue weighted by Gasteiger charge is 2.22. The number of amides is 2. The van der Waals surface area contributed by atoms with Crippen molar-refractivity contribution in [2.24, 2.45) is 11.3 Å². The monoisotopic (exact) mass is 332 g/mol. The van der Waals surface area contributed by atoms with Gasteiger partial charge in [-0.15, -0.1) is 0 Å². The van der Waals surface area contributed by atoms with Crippen LogP contribution in [-0.4, -0.2) is 36.9 Å². The van der Waals surface area contributed by atoms with Crippen LogP contribution in [-0.2, 0) is 0 Å². The molecule has 24 heavy (non-hydrogen) atoms. The van der Waals surface area contributed by atoms with Crippen LogP contribution in [0.5, 0.6) is 0 Å². The number of rotatable bonds is 4. The number of hydrogen-bond donors (Lipinski definition) is 2. The molecular weight excluding hydrogens is 302 g/mol. The highest BCUT2D eigenvalue weighted by Crippen LogP contribution is 2.24. The second kappa shape index (κ2) is 7.88. The summed E-state index contributed by atoms with van der Waals surface area (Å²) in [6, 6.07) is 7.36. The normalized spacial score (nSPS) is 17.5. The maximum Gasteiger partial charge on any atom is 0.341 e. The minimum Gasteiger partial charge on any atom is -0.391 e. The van der Waals surface area contributed by atoms with Gasteiger partial charge in [0.15, 0.2) is 0 Å². The van der Waals surface area contributed by atoms with E-state index in [2.05, 4.69) is 22.5 Å². The number of benzene rings is 1. The summed E-state index contributed by atoms with van der Waals surface area (Å²) in [4.78, 5) is 14.2. The number of aliphatic hydroxyl groups is 1. The molecule has 5 heteroatoms. The number of carbonyl (C=O) groups is 1. The van der Waals surface area contributed by atoms with E-state index in [-0.39, 0.29) is 12.0 Å². The molecule has 0 saturated carbocycles. The number of aliphatic hydroxyl groups excluding tert-OH is 1. The van der Waals surface area contributed by atoms with Gasteiger partial charge in [0.2, 0.25) is 0 Å². The Morgan fingerprint density at radius 2 is 1.88 bits per heavy atom. The first-order valence-electron chi connectivity index (χ1n) is 8.78. The number of nitrogens with zero attached hydrogens (tertiary/aromatic N) is 2. The fourth-order valence-electron chi connectivity index (χ4n) is 2.65. The lowest BCUT2D eigenvalue weighted by molar-refractivity contribution is 0.0651. The molecule has 1 aliphatic heterocycles. The van der Waals surface area contributed by atoms with Gasteiger partial charge in [-0.2, -0.15) is 5.32 Å². The molecule has 2 rings (SSSR count). The fourth-order valence-corrected chi connectivity index (χ4v) is 2.65. The van der Waals surface area contributed by atoms with E-state index in [4.69, 9.17) is 0 Å². The van der Waals surface area contributed by atoms with E-state index in [0.29, 0.717) is 5.69 Å². The molecule has 1 unspecified atom stereocenters. The lowest BCUT2D eigenvalue weighted by atomic mass is 9.89. The number of urea groups is 1. The molecule has 0 spiro atoms. The fraction of sp³-hybridized carbons (Fsp3) is 0.632. The Balaban J connectivity index is 1.82. The van der Waals surface area contributed by atoms with E-state index in [1.165, 1.54) is 18.5 Å². The van der Waals surface area contributed by atoms with E-state index >= 15 is 0 Å². The van der Waals surface area contributed by atoms with Crippen molar-refractivity contribution < 1.29 is 9.90 Å². The third-order valence-corrected chi connectivity index (χ3v) is 4.68. The van der Waals surface area contributed by atoms with E-state index < -0.39 is 12.1 Å². The predicted molar refractivity (Wildman–Crippen MR) is 97.7 cm³/mol. The van der Waals surface area contributed by atoms with Crippen molar-refractivity contribution >= 4 is 17.4 Å². The van der Waals surface area contributed by atoms with Crippen LogP contribution >= 0.6 is 0 Å². The van der Waals surface area contributed by atoms with Crippen molar-refractivity contribution in [1.29, 1.82) is 0 Å². The molecule has 1 heterocycles. The van der Waals surface area contributed by atoms with Gasteiger partial charge in [-0.05, 0) is 48.4 Å². The Kier molecular flexibility index (Phi) is 6.10. The van der Waals surface area contributed by atoms with E-state index in [9.17, 15) is 9.90 Å². The standard InChI is InChI=1S/C19H30N3O2/c1-14-9-11-22(12-10-14)16-7-5-15(6-8-16)21-18(24)20-13-17(23)19(2,3)4/h5-8,14,17,23H,9-13H2,1-4H3,(H,20,24). The third kappa shape index (κ3) is 5.41. The maximum absolute atomic E-state index is 11.9. The van der Waals surface area contributed by atoms with Gasteiger partial charge in [0.05, 0.1) is 11.8 Å². The number of hydrogen-bond acceptors (Lipinski definition) is 3. The SMILES string of the molecule is CC1CCN(c2ccc([N]C(=O)NCC(O)C(C)(C)C)cc2)CC1. The smallest absolute Gasteiger partial charge is 0.341 e. The highest BCUT2D eigenvalue weighted by atomic mass is 16.3.